The van der Waals surface area contributed by atoms with E-state index in [1.165, 1.54) is 0 Å². The molecule has 0 aliphatic carbocycles. The predicted molar refractivity (Wildman–Crippen MR) is 88.9 cm³/mol. The normalized spacial score (nSPS) is 22.1. The van der Waals surface area contributed by atoms with Crippen molar-refractivity contribution in [1.82, 2.24) is 9.62 Å². The highest BCUT2D eigenvalue weighted by atomic mass is 32.2. The molecule has 2 rings (SSSR count). The van der Waals surface area contributed by atoms with E-state index in [0.29, 0.717) is 24.6 Å². The number of hydrogen-bond acceptors (Lipinski definition) is 5. The van der Waals surface area contributed by atoms with E-state index in [-0.39, 0.29) is 11.7 Å². The van der Waals surface area contributed by atoms with Crippen LogP contribution in [0, 0.1) is 0 Å². The van der Waals surface area contributed by atoms with Crippen LogP contribution in [-0.4, -0.2) is 64.9 Å². The highest BCUT2D eigenvalue weighted by molar-refractivity contribution is 7.89. The molecule has 7 heteroatoms. The lowest BCUT2D eigenvalue weighted by Gasteiger charge is -2.42. The topological polar surface area (TPSA) is 67.9 Å². The van der Waals surface area contributed by atoms with Crippen molar-refractivity contribution < 1.29 is 17.9 Å². The summed E-state index contributed by atoms with van der Waals surface area (Å²) in [6.45, 7) is 7.12. The van der Waals surface area contributed by atoms with Gasteiger partial charge in [-0.2, -0.15) is 0 Å². The number of sulfonamides is 1. The van der Waals surface area contributed by atoms with Crippen LogP contribution in [0.2, 0.25) is 0 Å². The van der Waals surface area contributed by atoms with Crippen LogP contribution in [-0.2, 0) is 19.5 Å². The molecule has 1 fully saturated rings. The lowest BCUT2D eigenvalue weighted by Crippen LogP contribution is -2.55. The van der Waals surface area contributed by atoms with Gasteiger partial charge >= 0.3 is 0 Å². The fourth-order valence-electron chi connectivity index (χ4n) is 2.88. The van der Waals surface area contributed by atoms with Crippen LogP contribution < -0.4 is 4.72 Å². The Kier molecular flexibility index (Phi) is 6.16. The third-order valence-electron chi connectivity index (χ3n) is 3.68. The minimum Gasteiger partial charge on any atom is -0.382 e. The zero-order valence-electron chi connectivity index (χ0n) is 14.0. The molecule has 1 aliphatic rings. The number of hydrogen-bond donors (Lipinski definition) is 1. The molecule has 1 aliphatic heterocycles. The molecule has 0 radical (unpaired) electrons. The number of rotatable bonds is 7. The second-order valence-electron chi connectivity index (χ2n) is 6.40. The van der Waals surface area contributed by atoms with Crippen LogP contribution in [0.3, 0.4) is 0 Å². The molecule has 23 heavy (non-hydrogen) atoms. The average Bonchev–Trinajstić information content (AvgIpc) is 2.47. The number of nitrogens with one attached hydrogen (secondary N) is 1. The van der Waals surface area contributed by atoms with Crippen LogP contribution in [0.1, 0.15) is 13.8 Å². The maximum absolute atomic E-state index is 12.2. The second-order valence-corrected chi connectivity index (χ2v) is 8.17. The minimum atomic E-state index is -3.45. The van der Waals surface area contributed by atoms with Crippen molar-refractivity contribution in [3.63, 3.8) is 0 Å². The van der Waals surface area contributed by atoms with E-state index in [4.69, 9.17) is 9.47 Å². The first-order chi connectivity index (χ1) is 10.8. The maximum Gasteiger partial charge on any atom is 0.240 e. The van der Waals surface area contributed by atoms with E-state index in [1.54, 1.807) is 37.4 Å². The first-order valence-electron chi connectivity index (χ1n) is 7.76. The van der Waals surface area contributed by atoms with Crippen molar-refractivity contribution in [2.75, 3.05) is 39.9 Å². The Hall–Kier alpha value is -0.990. The van der Waals surface area contributed by atoms with Crippen LogP contribution in [0.25, 0.3) is 0 Å². The number of ether oxygens (including phenoxy) is 2. The van der Waals surface area contributed by atoms with Gasteiger partial charge in [-0.1, -0.05) is 18.2 Å². The zero-order valence-corrected chi connectivity index (χ0v) is 14.8. The summed E-state index contributed by atoms with van der Waals surface area (Å²) in [6, 6.07) is 8.41. The Balaban J connectivity index is 1.88. The van der Waals surface area contributed by atoms with E-state index in [9.17, 15) is 8.42 Å². The second kappa shape index (κ2) is 7.72. The molecule has 1 atom stereocenters. The SMILES string of the molecule is COC[C@H]1CN(CCNS(=O)(=O)c2ccccc2)CC(C)(C)O1. The highest BCUT2D eigenvalue weighted by Gasteiger charge is 2.33. The molecule has 0 aromatic heterocycles. The molecular formula is C16H26N2O4S. The van der Waals surface area contributed by atoms with Gasteiger partial charge < -0.3 is 9.47 Å². The summed E-state index contributed by atoms with van der Waals surface area (Å²) in [5.41, 5.74) is -0.264. The van der Waals surface area contributed by atoms with Crippen molar-refractivity contribution in [3.8, 4) is 0 Å². The van der Waals surface area contributed by atoms with Crippen LogP contribution in [0.15, 0.2) is 35.2 Å². The number of benzene rings is 1. The Morgan fingerprint density at radius 2 is 2.04 bits per heavy atom. The van der Waals surface area contributed by atoms with E-state index >= 15 is 0 Å². The van der Waals surface area contributed by atoms with Crippen molar-refractivity contribution in [2.45, 2.75) is 30.4 Å². The Labute approximate surface area is 138 Å². The minimum absolute atomic E-state index is 0.00878. The van der Waals surface area contributed by atoms with Crippen molar-refractivity contribution >= 4 is 10.0 Å². The fourth-order valence-corrected chi connectivity index (χ4v) is 3.92. The summed E-state index contributed by atoms with van der Waals surface area (Å²) < 4.78 is 38.2. The third kappa shape index (κ3) is 5.54. The lowest BCUT2D eigenvalue weighted by atomic mass is 10.1. The molecule has 1 saturated heterocycles. The molecule has 0 saturated carbocycles. The molecule has 1 N–H and O–H groups in total. The molecule has 0 spiro atoms. The molecule has 0 bridgehead atoms. The van der Waals surface area contributed by atoms with E-state index < -0.39 is 10.0 Å². The fraction of sp³-hybridized carbons (Fsp3) is 0.625. The highest BCUT2D eigenvalue weighted by Crippen LogP contribution is 2.20. The predicted octanol–water partition coefficient (Wildman–Crippen LogP) is 1.09. The summed E-state index contributed by atoms with van der Waals surface area (Å²) in [4.78, 5) is 2.50. The van der Waals surface area contributed by atoms with Gasteiger partial charge in [0.1, 0.15) is 0 Å². The third-order valence-corrected chi connectivity index (χ3v) is 5.16. The molecule has 1 aromatic rings. The van der Waals surface area contributed by atoms with Gasteiger partial charge in [0, 0.05) is 33.3 Å². The molecule has 1 heterocycles. The van der Waals surface area contributed by atoms with Crippen molar-refractivity contribution in [3.05, 3.63) is 30.3 Å². The van der Waals surface area contributed by atoms with E-state index in [1.807, 2.05) is 13.8 Å². The molecule has 0 amide bonds. The Morgan fingerprint density at radius 1 is 1.35 bits per heavy atom. The first-order valence-corrected chi connectivity index (χ1v) is 9.24. The van der Waals surface area contributed by atoms with Gasteiger partial charge in [-0.3, -0.25) is 4.90 Å². The standard InChI is InChI=1S/C16H26N2O4S/c1-16(2)13-18(11-14(22-16)12-21-3)10-9-17-23(19,20)15-7-5-4-6-8-15/h4-8,14,17H,9-13H2,1-3H3/t14-/m1/s1. The number of methoxy groups -OCH3 is 1. The van der Waals surface area contributed by atoms with Gasteiger partial charge in [-0.25, -0.2) is 13.1 Å². The van der Waals surface area contributed by atoms with E-state index in [2.05, 4.69) is 9.62 Å². The summed E-state index contributed by atoms with van der Waals surface area (Å²) in [6.07, 6.45) is 0.00878. The summed E-state index contributed by atoms with van der Waals surface area (Å²) in [7, 11) is -1.79. The monoisotopic (exact) mass is 342 g/mol. The maximum atomic E-state index is 12.2. The Bertz CT molecular complexity index is 589. The average molecular weight is 342 g/mol. The molecular weight excluding hydrogens is 316 g/mol. The summed E-state index contributed by atoms with van der Waals surface area (Å²) >= 11 is 0. The van der Waals surface area contributed by atoms with Gasteiger partial charge in [-0.15, -0.1) is 0 Å². The van der Waals surface area contributed by atoms with Crippen molar-refractivity contribution in [2.24, 2.45) is 0 Å². The molecule has 130 valence electrons. The van der Waals surface area contributed by atoms with Gasteiger partial charge in [0.15, 0.2) is 0 Å². The van der Waals surface area contributed by atoms with Gasteiger partial charge in [0.05, 0.1) is 23.2 Å². The zero-order chi connectivity index (χ0) is 16.9. The van der Waals surface area contributed by atoms with Gasteiger partial charge in [0.25, 0.3) is 0 Å². The lowest BCUT2D eigenvalue weighted by molar-refractivity contribution is -0.151. The summed E-state index contributed by atoms with van der Waals surface area (Å²) in [5.74, 6) is 0. The van der Waals surface area contributed by atoms with Crippen molar-refractivity contribution in [1.29, 1.82) is 0 Å². The van der Waals surface area contributed by atoms with Crippen LogP contribution in [0.5, 0.6) is 0 Å². The van der Waals surface area contributed by atoms with E-state index in [0.717, 1.165) is 13.1 Å². The van der Waals surface area contributed by atoms with Gasteiger partial charge in [-0.05, 0) is 26.0 Å². The molecule has 0 unspecified atom stereocenters. The smallest absolute Gasteiger partial charge is 0.240 e. The largest absolute Gasteiger partial charge is 0.382 e. The molecule has 6 nitrogen and oxygen atoms in total. The number of morpholine rings is 1. The number of nitrogens with zero attached hydrogens (tertiary/aromatic N) is 1. The van der Waals surface area contributed by atoms with Crippen LogP contribution >= 0.6 is 0 Å². The van der Waals surface area contributed by atoms with Crippen LogP contribution in [0.4, 0.5) is 0 Å². The van der Waals surface area contributed by atoms with Gasteiger partial charge in [0.2, 0.25) is 10.0 Å². The quantitative estimate of drug-likeness (QED) is 0.803. The Morgan fingerprint density at radius 3 is 2.70 bits per heavy atom. The molecule has 1 aromatic carbocycles. The first kappa shape index (κ1) is 18.4. The summed E-state index contributed by atoms with van der Waals surface area (Å²) in [5, 5.41) is 0.